The van der Waals surface area contributed by atoms with Crippen molar-refractivity contribution in [3.63, 3.8) is 0 Å². The van der Waals surface area contributed by atoms with Gasteiger partial charge in [0.15, 0.2) is 11.5 Å². The fourth-order valence-electron chi connectivity index (χ4n) is 5.51. The second kappa shape index (κ2) is 11.4. The van der Waals surface area contributed by atoms with Crippen LogP contribution in [0.1, 0.15) is 40.8 Å². The summed E-state index contributed by atoms with van der Waals surface area (Å²) >= 11 is 0. The highest BCUT2D eigenvalue weighted by molar-refractivity contribution is 6.46. The Bertz CT molecular complexity index is 1670. The van der Waals surface area contributed by atoms with E-state index >= 15 is 0 Å². The van der Waals surface area contributed by atoms with Gasteiger partial charge in [0.1, 0.15) is 24.2 Å². The molecular weight excluding hydrogens is 532 g/mol. The highest BCUT2D eigenvalue weighted by Gasteiger charge is 2.46. The Balaban J connectivity index is 1.41. The van der Waals surface area contributed by atoms with Gasteiger partial charge in [-0.3, -0.25) is 14.6 Å². The van der Waals surface area contributed by atoms with Crippen LogP contribution in [0.25, 0.3) is 5.76 Å². The molecule has 0 spiro atoms. The van der Waals surface area contributed by atoms with Gasteiger partial charge in [-0.2, -0.15) is 0 Å². The first-order valence-corrected chi connectivity index (χ1v) is 13.7. The van der Waals surface area contributed by atoms with Crippen LogP contribution in [-0.2, 0) is 29.2 Å². The number of hydrogen-bond acceptors (Lipinski definition) is 7. The molecule has 0 unspecified atom stereocenters. The van der Waals surface area contributed by atoms with Crippen LogP contribution in [0.3, 0.4) is 0 Å². The van der Waals surface area contributed by atoms with Gasteiger partial charge in [0, 0.05) is 30.9 Å². The number of nitrogens with zero attached hydrogens (tertiary/aromatic N) is 2. The molecule has 6 rings (SSSR count). The van der Waals surface area contributed by atoms with Crippen LogP contribution in [0.15, 0.2) is 96.8 Å². The smallest absolute Gasteiger partial charge is 0.295 e. The number of hydrogen-bond donors (Lipinski definition) is 1. The van der Waals surface area contributed by atoms with Crippen LogP contribution in [0.4, 0.5) is 0 Å². The number of benzene rings is 3. The van der Waals surface area contributed by atoms with Crippen LogP contribution in [0.5, 0.6) is 17.2 Å². The fourth-order valence-corrected chi connectivity index (χ4v) is 5.51. The summed E-state index contributed by atoms with van der Waals surface area (Å²) in [4.78, 5) is 32.7. The predicted molar refractivity (Wildman–Crippen MR) is 156 cm³/mol. The number of pyridine rings is 1. The van der Waals surface area contributed by atoms with Crippen LogP contribution in [0.2, 0.25) is 0 Å². The molecule has 0 saturated carbocycles. The topological polar surface area (TPSA) is 98.2 Å². The van der Waals surface area contributed by atoms with E-state index in [0.717, 1.165) is 22.4 Å². The molecule has 4 aromatic rings. The van der Waals surface area contributed by atoms with E-state index < -0.39 is 17.7 Å². The molecule has 3 heterocycles. The van der Waals surface area contributed by atoms with Gasteiger partial charge in [-0.05, 0) is 65.6 Å². The van der Waals surface area contributed by atoms with Crippen molar-refractivity contribution in [3.8, 4) is 17.2 Å². The number of amides is 1. The van der Waals surface area contributed by atoms with Crippen LogP contribution in [0, 0.1) is 0 Å². The minimum atomic E-state index is -0.870. The molecule has 0 bridgehead atoms. The van der Waals surface area contributed by atoms with Gasteiger partial charge in [-0.15, -0.1) is 0 Å². The molecule has 0 aliphatic carbocycles. The van der Waals surface area contributed by atoms with Gasteiger partial charge in [0.25, 0.3) is 11.7 Å². The molecule has 3 aromatic carbocycles. The zero-order chi connectivity index (χ0) is 29.2. The van der Waals surface area contributed by atoms with E-state index in [1.165, 1.54) is 12.0 Å². The molecule has 1 amide bonds. The predicted octanol–water partition coefficient (Wildman–Crippen LogP) is 5.61. The van der Waals surface area contributed by atoms with E-state index in [-0.39, 0.29) is 24.0 Å². The Morgan fingerprint density at radius 2 is 1.81 bits per heavy atom. The number of carbonyl (C=O) groups is 2. The molecule has 42 heavy (non-hydrogen) atoms. The molecule has 1 aromatic heterocycles. The summed E-state index contributed by atoms with van der Waals surface area (Å²) < 4.78 is 17.5. The van der Waals surface area contributed by atoms with Gasteiger partial charge < -0.3 is 24.2 Å². The maximum atomic E-state index is 13.6. The van der Waals surface area contributed by atoms with Crippen LogP contribution in [-0.4, -0.2) is 39.9 Å². The zero-order valence-electron chi connectivity index (χ0n) is 23.3. The molecule has 1 N–H and O–H groups in total. The van der Waals surface area contributed by atoms with Crippen molar-refractivity contribution in [2.75, 3.05) is 7.11 Å². The van der Waals surface area contributed by atoms with Crippen molar-refractivity contribution >= 4 is 17.4 Å². The number of aliphatic hydroxyl groups is 1. The van der Waals surface area contributed by atoms with Crippen molar-refractivity contribution in [2.24, 2.45) is 0 Å². The third kappa shape index (κ3) is 5.19. The maximum Gasteiger partial charge on any atom is 0.295 e. The number of Topliss-reactive ketones (excluding diaryl/α,β-unsaturated/α-hetero) is 1. The lowest BCUT2D eigenvalue weighted by atomic mass is 9.94. The van der Waals surface area contributed by atoms with Gasteiger partial charge in [-0.25, -0.2) is 0 Å². The first kappa shape index (κ1) is 27.1. The molecule has 0 radical (unpaired) electrons. The summed E-state index contributed by atoms with van der Waals surface area (Å²) in [5.74, 6) is 0.0177. The molecule has 212 valence electrons. The van der Waals surface area contributed by atoms with Crippen molar-refractivity contribution in [3.05, 3.63) is 125 Å². The SMILES string of the molecule is COc1cc([C@@H]2C(=C(O)c3ccc4c(c3)C[C@@H](C)O4)C(=O)C(=O)N2Cc2cccnc2)ccc1OCc1ccccc1. The normalized spacial score (nSPS) is 19.0. The number of aromatic nitrogens is 1. The number of ketones is 1. The van der Waals surface area contributed by atoms with Crippen molar-refractivity contribution in [2.45, 2.75) is 38.6 Å². The minimum absolute atomic E-state index is 0.0100. The van der Waals surface area contributed by atoms with Crippen LogP contribution >= 0.6 is 0 Å². The molecule has 8 nitrogen and oxygen atoms in total. The zero-order valence-corrected chi connectivity index (χ0v) is 23.3. The van der Waals surface area contributed by atoms with Crippen molar-refractivity contribution in [1.82, 2.24) is 9.88 Å². The van der Waals surface area contributed by atoms with E-state index in [9.17, 15) is 14.7 Å². The van der Waals surface area contributed by atoms with E-state index in [2.05, 4.69) is 4.98 Å². The molecular formula is C34H30N2O6. The number of carbonyl (C=O) groups excluding carboxylic acids is 2. The molecule has 2 aliphatic heterocycles. The highest BCUT2D eigenvalue weighted by Crippen LogP contribution is 2.43. The standard InChI is InChI=1S/C34H30N2O6/c1-21-15-26-16-25(11-12-27(26)42-21)32(37)30-31(36(34(39)33(30)38)19-23-9-6-14-35-18-23)24-10-13-28(29(17-24)40-2)41-20-22-7-4-3-5-8-22/h3-14,16-18,21,31,37H,15,19-20H2,1-2H3/t21-,31-/m1/s1. The van der Waals surface area contributed by atoms with Gasteiger partial charge >= 0.3 is 0 Å². The lowest BCUT2D eigenvalue weighted by molar-refractivity contribution is -0.140. The molecule has 2 aliphatic rings. The quantitative estimate of drug-likeness (QED) is 0.169. The number of methoxy groups -OCH3 is 1. The van der Waals surface area contributed by atoms with E-state index in [4.69, 9.17) is 14.2 Å². The Morgan fingerprint density at radius 1 is 1.00 bits per heavy atom. The second-order valence-corrected chi connectivity index (χ2v) is 10.4. The Morgan fingerprint density at radius 3 is 2.57 bits per heavy atom. The lowest BCUT2D eigenvalue weighted by Gasteiger charge is -2.26. The number of rotatable bonds is 8. The highest BCUT2D eigenvalue weighted by atomic mass is 16.5. The van der Waals surface area contributed by atoms with E-state index in [0.29, 0.717) is 35.7 Å². The summed E-state index contributed by atoms with van der Waals surface area (Å²) in [6.07, 6.45) is 4.01. The fraction of sp³-hybridized carbons (Fsp3) is 0.206. The Kier molecular flexibility index (Phi) is 7.35. The monoisotopic (exact) mass is 562 g/mol. The number of fused-ring (bicyclic) bond motifs is 1. The average molecular weight is 563 g/mol. The molecule has 2 atom stereocenters. The number of aliphatic hydroxyl groups excluding tert-OH is 1. The van der Waals surface area contributed by atoms with E-state index in [1.54, 1.807) is 48.8 Å². The largest absolute Gasteiger partial charge is 0.507 e. The molecule has 1 saturated heterocycles. The van der Waals surface area contributed by atoms with Crippen molar-refractivity contribution < 1.29 is 28.9 Å². The maximum absolute atomic E-state index is 13.6. The van der Waals surface area contributed by atoms with Gasteiger partial charge in [-0.1, -0.05) is 42.5 Å². The Labute approximate surface area is 243 Å². The molecule has 8 heteroatoms. The lowest BCUT2D eigenvalue weighted by Crippen LogP contribution is -2.29. The minimum Gasteiger partial charge on any atom is -0.507 e. The second-order valence-electron chi connectivity index (χ2n) is 10.4. The first-order chi connectivity index (χ1) is 20.4. The summed E-state index contributed by atoms with van der Waals surface area (Å²) in [6.45, 7) is 2.45. The van der Waals surface area contributed by atoms with Crippen molar-refractivity contribution in [1.29, 1.82) is 0 Å². The molecule has 1 fully saturated rings. The van der Waals surface area contributed by atoms with Gasteiger partial charge in [0.05, 0.1) is 18.7 Å². The summed E-state index contributed by atoms with van der Waals surface area (Å²) in [5, 5.41) is 11.6. The number of likely N-dealkylation sites (tertiary alicyclic amines) is 1. The summed E-state index contributed by atoms with van der Waals surface area (Å²) in [6, 6.07) is 23.1. The third-order valence-corrected chi connectivity index (χ3v) is 7.53. The summed E-state index contributed by atoms with van der Waals surface area (Å²) in [5.41, 5.74) is 3.75. The van der Waals surface area contributed by atoms with Gasteiger partial charge in [0.2, 0.25) is 0 Å². The number of ether oxygens (including phenoxy) is 3. The Hall–Kier alpha value is -5.11. The average Bonchev–Trinajstić information content (AvgIpc) is 3.51. The first-order valence-electron chi connectivity index (χ1n) is 13.7. The summed E-state index contributed by atoms with van der Waals surface area (Å²) in [7, 11) is 1.54. The van der Waals surface area contributed by atoms with Crippen LogP contribution < -0.4 is 14.2 Å². The van der Waals surface area contributed by atoms with E-state index in [1.807, 2.05) is 49.4 Å². The third-order valence-electron chi connectivity index (χ3n) is 7.53.